The third-order valence-corrected chi connectivity index (χ3v) is 18.1. The Morgan fingerprint density at radius 1 is 0.303 bits per heavy atom. The van der Waals surface area contributed by atoms with Crippen molar-refractivity contribution >= 4 is 39.5 Å². The van der Waals surface area contributed by atoms with Crippen LogP contribution in [0, 0.1) is 11.8 Å². The van der Waals surface area contributed by atoms with Crippen molar-refractivity contribution in [1.29, 1.82) is 0 Å². The summed E-state index contributed by atoms with van der Waals surface area (Å²) >= 11 is 0. The van der Waals surface area contributed by atoms with Crippen molar-refractivity contribution in [3.63, 3.8) is 0 Å². The van der Waals surface area contributed by atoms with Gasteiger partial charge in [-0.05, 0) is 37.5 Å². The van der Waals surface area contributed by atoms with Crippen LogP contribution >= 0.6 is 15.6 Å². The van der Waals surface area contributed by atoms with Gasteiger partial charge in [0.25, 0.3) is 0 Å². The summed E-state index contributed by atoms with van der Waals surface area (Å²) in [6, 6.07) is 0. The summed E-state index contributed by atoms with van der Waals surface area (Å²) in [6.07, 6.45) is 47.1. The number of phosphoric acid groups is 2. The van der Waals surface area contributed by atoms with Crippen LogP contribution in [0.15, 0.2) is 0 Å². The fourth-order valence-electron chi connectivity index (χ4n) is 10.6. The van der Waals surface area contributed by atoms with Gasteiger partial charge in [0, 0.05) is 25.7 Å². The molecule has 0 aliphatic heterocycles. The lowest BCUT2D eigenvalue weighted by molar-refractivity contribution is -0.161. The Morgan fingerprint density at radius 2 is 0.517 bits per heavy atom. The van der Waals surface area contributed by atoms with E-state index in [0.29, 0.717) is 25.7 Å². The molecule has 0 bridgehead atoms. The molecule has 89 heavy (non-hydrogen) atoms. The van der Waals surface area contributed by atoms with Gasteiger partial charge in [-0.25, -0.2) is 9.13 Å². The van der Waals surface area contributed by atoms with Gasteiger partial charge < -0.3 is 33.8 Å². The van der Waals surface area contributed by atoms with Crippen molar-refractivity contribution in [2.75, 3.05) is 39.6 Å². The van der Waals surface area contributed by atoms with Gasteiger partial charge in [-0.2, -0.15) is 0 Å². The van der Waals surface area contributed by atoms with Crippen molar-refractivity contribution in [2.24, 2.45) is 11.8 Å². The lowest BCUT2D eigenvalue weighted by Crippen LogP contribution is -2.30. The Balaban J connectivity index is 5.24. The Kier molecular flexibility index (Phi) is 60.8. The van der Waals surface area contributed by atoms with Crippen LogP contribution in [0.5, 0.6) is 0 Å². The van der Waals surface area contributed by atoms with Gasteiger partial charge in [-0.15, -0.1) is 0 Å². The zero-order chi connectivity index (χ0) is 65.7. The zero-order valence-electron chi connectivity index (χ0n) is 57.7. The number of hydrogen-bond acceptors (Lipinski definition) is 15. The van der Waals surface area contributed by atoms with E-state index in [1.165, 1.54) is 173 Å². The van der Waals surface area contributed by atoms with E-state index in [2.05, 4.69) is 41.5 Å². The lowest BCUT2D eigenvalue weighted by Gasteiger charge is -2.21. The molecule has 0 aliphatic rings. The Bertz CT molecular complexity index is 1730. The minimum Gasteiger partial charge on any atom is -0.462 e. The molecule has 0 aromatic rings. The molecule has 2 unspecified atom stereocenters. The number of rotatable bonds is 69. The summed E-state index contributed by atoms with van der Waals surface area (Å²) in [7, 11) is -9.90. The molecule has 3 N–H and O–H groups in total. The summed E-state index contributed by atoms with van der Waals surface area (Å²) < 4.78 is 68.3. The second-order valence-corrected chi connectivity index (χ2v) is 29.1. The SMILES string of the molecule is CCCCCCCCCCCCCCCCCC(=O)O[C@H](COC(=O)CCCCCCCCCCCCC(C)C)COP(=O)(O)OC[C@@H](O)COP(=O)(O)OC[C@@H](COC(=O)CCCCCCCCCCC)OC(=O)CCCCCCCCCCCC(C)C. The average Bonchev–Trinajstić information content (AvgIpc) is 3.67. The van der Waals surface area contributed by atoms with Crippen LogP contribution in [-0.2, 0) is 65.4 Å². The number of aliphatic hydroxyl groups is 1. The maximum absolute atomic E-state index is 13.0. The molecule has 0 spiro atoms. The first-order valence-corrected chi connectivity index (χ1v) is 39.5. The lowest BCUT2D eigenvalue weighted by atomic mass is 10.0. The Hall–Kier alpha value is -1.94. The molecule has 0 amide bonds. The highest BCUT2D eigenvalue weighted by molar-refractivity contribution is 7.47. The second-order valence-electron chi connectivity index (χ2n) is 26.2. The maximum atomic E-state index is 13.0. The van der Waals surface area contributed by atoms with Crippen LogP contribution in [-0.4, -0.2) is 96.7 Å². The normalized spacial score (nSPS) is 14.1. The van der Waals surface area contributed by atoms with E-state index in [4.69, 9.17) is 37.0 Å². The molecular weight excluding hydrogens is 1170 g/mol. The number of hydrogen-bond donors (Lipinski definition) is 3. The number of carbonyl (C=O) groups excluding carboxylic acids is 4. The summed E-state index contributed by atoms with van der Waals surface area (Å²) in [4.78, 5) is 72.5. The standard InChI is InChI=1S/C70H136O17P2/c1-7-9-11-13-15-17-18-19-20-21-22-30-36-42-48-54-69(74)86-66(59-81-68(73)53-47-41-35-29-24-23-27-32-38-44-50-62(3)4)61-85-89(78,79)83-57-64(71)56-82-88(76,77)84-60-65(58-80-67(72)52-46-40-34-26-16-14-12-10-8-2)87-70(75)55-49-43-37-31-25-28-33-39-45-51-63(5)6/h62-66,71H,7-61H2,1-6H3,(H,76,77)(H,78,79)/t64-,65+,66+/m0/s1. The zero-order valence-corrected chi connectivity index (χ0v) is 59.5. The highest BCUT2D eigenvalue weighted by atomic mass is 31.2. The summed E-state index contributed by atoms with van der Waals surface area (Å²) in [5.41, 5.74) is 0. The van der Waals surface area contributed by atoms with Crippen LogP contribution in [0.25, 0.3) is 0 Å². The molecule has 0 rings (SSSR count). The van der Waals surface area contributed by atoms with Gasteiger partial charge in [-0.1, -0.05) is 305 Å². The smallest absolute Gasteiger partial charge is 0.462 e. The molecule has 0 aromatic carbocycles. The fraction of sp³-hybridized carbons (Fsp3) is 0.943. The first kappa shape index (κ1) is 87.1. The van der Waals surface area contributed by atoms with Crippen LogP contribution in [0.4, 0.5) is 0 Å². The van der Waals surface area contributed by atoms with Gasteiger partial charge >= 0.3 is 39.5 Å². The number of unbranched alkanes of at least 4 members (excludes halogenated alkanes) is 39. The van der Waals surface area contributed by atoms with E-state index in [0.717, 1.165) is 102 Å². The van der Waals surface area contributed by atoms with Crippen LogP contribution < -0.4 is 0 Å². The van der Waals surface area contributed by atoms with Gasteiger partial charge in [0.1, 0.15) is 19.3 Å². The minimum absolute atomic E-state index is 0.105. The summed E-state index contributed by atoms with van der Waals surface area (Å²) in [6.45, 7) is 9.51. The average molecular weight is 1310 g/mol. The quantitative estimate of drug-likeness (QED) is 0.0222. The van der Waals surface area contributed by atoms with Gasteiger partial charge in [0.05, 0.1) is 26.4 Å². The van der Waals surface area contributed by atoms with E-state index < -0.39 is 97.5 Å². The molecule has 0 saturated carbocycles. The van der Waals surface area contributed by atoms with Crippen LogP contribution in [0.2, 0.25) is 0 Å². The highest BCUT2D eigenvalue weighted by Gasteiger charge is 2.30. The molecule has 528 valence electrons. The number of aliphatic hydroxyl groups excluding tert-OH is 1. The number of ether oxygens (including phenoxy) is 4. The van der Waals surface area contributed by atoms with Crippen LogP contribution in [0.1, 0.15) is 356 Å². The van der Waals surface area contributed by atoms with E-state index in [9.17, 15) is 43.2 Å². The highest BCUT2D eigenvalue weighted by Crippen LogP contribution is 2.45. The second kappa shape index (κ2) is 62.2. The summed E-state index contributed by atoms with van der Waals surface area (Å²) in [5, 5.41) is 10.6. The number of esters is 4. The molecule has 0 saturated heterocycles. The molecule has 5 atom stereocenters. The topological polar surface area (TPSA) is 237 Å². The molecule has 0 radical (unpaired) electrons. The molecule has 0 aromatic heterocycles. The van der Waals surface area contributed by atoms with Crippen molar-refractivity contribution < 1.29 is 80.2 Å². The largest absolute Gasteiger partial charge is 0.472 e. The third-order valence-electron chi connectivity index (χ3n) is 16.2. The minimum atomic E-state index is -4.95. The van der Waals surface area contributed by atoms with Gasteiger partial charge in [0.15, 0.2) is 12.2 Å². The Morgan fingerprint density at radius 3 is 0.764 bits per heavy atom. The van der Waals surface area contributed by atoms with E-state index in [1.54, 1.807) is 0 Å². The molecule has 0 heterocycles. The first-order chi connectivity index (χ1) is 42.9. The van der Waals surface area contributed by atoms with Crippen molar-refractivity contribution in [3.05, 3.63) is 0 Å². The fourth-order valence-corrected chi connectivity index (χ4v) is 12.2. The predicted octanol–water partition coefficient (Wildman–Crippen LogP) is 20.0. The third kappa shape index (κ3) is 64.6. The maximum Gasteiger partial charge on any atom is 0.472 e. The van der Waals surface area contributed by atoms with Crippen LogP contribution in [0.3, 0.4) is 0 Å². The first-order valence-electron chi connectivity index (χ1n) is 36.5. The van der Waals surface area contributed by atoms with Crippen molar-refractivity contribution in [2.45, 2.75) is 374 Å². The van der Waals surface area contributed by atoms with E-state index in [1.807, 2.05) is 0 Å². The number of carbonyl (C=O) groups is 4. The Labute approximate surface area is 543 Å². The van der Waals surface area contributed by atoms with E-state index in [-0.39, 0.29) is 25.7 Å². The predicted molar refractivity (Wildman–Crippen MR) is 358 cm³/mol. The van der Waals surface area contributed by atoms with Gasteiger partial charge in [0.2, 0.25) is 0 Å². The monoisotopic (exact) mass is 1310 g/mol. The molecule has 0 aliphatic carbocycles. The van der Waals surface area contributed by atoms with Crippen molar-refractivity contribution in [1.82, 2.24) is 0 Å². The van der Waals surface area contributed by atoms with Crippen molar-refractivity contribution in [3.8, 4) is 0 Å². The molecule has 19 heteroatoms. The number of phosphoric ester groups is 2. The molecule has 17 nitrogen and oxygen atoms in total. The molecule has 0 fully saturated rings. The summed E-state index contributed by atoms with van der Waals surface area (Å²) in [5.74, 6) is -0.629. The molecular formula is C70H136O17P2. The van der Waals surface area contributed by atoms with Gasteiger partial charge in [-0.3, -0.25) is 37.3 Å². The van der Waals surface area contributed by atoms with E-state index >= 15 is 0 Å².